The number of hydrogen-bond donors (Lipinski definition) is 1. The van der Waals surface area contributed by atoms with Crippen LogP contribution in [0, 0.1) is 0 Å². The normalized spacial score (nSPS) is 10.9. The van der Waals surface area contributed by atoms with Crippen molar-refractivity contribution in [1.29, 1.82) is 0 Å². The van der Waals surface area contributed by atoms with Crippen LogP contribution in [0.1, 0.15) is 10.4 Å². The molecule has 0 amide bonds. The van der Waals surface area contributed by atoms with Crippen LogP contribution >= 0.6 is 35.3 Å². The van der Waals surface area contributed by atoms with Gasteiger partial charge in [-0.3, -0.25) is 4.99 Å². The third kappa shape index (κ3) is 5.94. The fraction of sp³-hybridized carbons (Fsp3) is 0.412. The van der Waals surface area contributed by atoms with E-state index in [1.165, 1.54) is 4.88 Å². The molecule has 0 fully saturated rings. The minimum Gasteiger partial charge on any atom is -0.362 e. The van der Waals surface area contributed by atoms with Crippen LogP contribution in [-0.2, 0) is 13.0 Å². The van der Waals surface area contributed by atoms with Crippen molar-refractivity contribution < 1.29 is 0 Å². The highest BCUT2D eigenvalue weighted by Gasteiger charge is 2.09. The quantitative estimate of drug-likeness (QED) is 0.410. The summed E-state index contributed by atoms with van der Waals surface area (Å²) in [6.07, 6.45) is 2.85. The number of aliphatic imine (C=N–C) groups is 1. The Morgan fingerprint density at radius 1 is 1.25 bits per heavy atom. The van der Waals surface area contributed by atoms with E-state index in [1.807, 2.05) is 38.3 Å². The van der Waals surface area contributed by atoms with Gasteiger partial charge in [0, 0.05) is 57.9 Å². The zero-order valence-corrected chi connectivity index (χ0v) is 17.8. The van der Waals surface area contributed by atoms with Crippen molar-refractivity contribution >= 4 is 47.1 Å². The van der Waals surface area contributed by atoms with Crippen molar-refractivity contribution in [3.63, 3.8) is 0 Å². The fourth-order valence-electron chi connectivity index (χ4n) is 2.37. The zero-order valence-electron chi connectivity index (χ0n) is 14.7. The topological polar surface area (TPSA) is 43.8 Å². The van der Waals surface area contributed by atoms with Crippen LogP contribution in [0.25, 0.3) is 0 Å². The first-order valence-electron chi connectivity index (χ1n) is 7.67. The third-order valence-electron chi connectivity index (χ3n) is 3.58. The predicted molar refractivity (Wildman–Crippen MR) is 115 cm³/mol. The van der Waals surface area contributed by atoms with Crippen molar-refractivity contribution in [2.24, 2.45) is 4.99 Å². The molecule has 132 valence electrons. The van der Waals surface area contributed by atoms with E-state index in [1.54, 1.807) is 11.3 Å². The summed E-state index contributed by atoms with van der Waals surface area (Å²) in [4.78, 5) is 14.4. The summed E-state index contributed by atoms with van der Waals surface area (Å²) in [5.41, 5.74) is 1.16. The smallest absolute Gasteiger partial charge is 0.193 e. The number of thiophene rings is 1. The summed E-state index contributed by atoms with van der Waals surface area (Å²) >= 11 is 1.80. The molecule has 0 aromatic carbocycles. The van der Waals surface area contributed by atoms with Crippen LogP contribution < -0.4 is 10.2 Å². The number of aromatic nitrogens is 1. The minimum absolute atomic E-state index is 0. The predicted octanol–water partition coefficient (Wildman–Crippen LogP) is 3.08. The number of likely N-dealkylation sites (N-methyl/N-ethyl adjacent to an activating group) is 1. The Balaban J connectivity index is 0.00000288. The highest BCUT2D eigenvalue weighted by atomic mass is 127. The Kier molecular flexibility index (Phi) is 9.05. The molecule has 0 spiro atoms. The van der Waals surface area contributed by atoms with Gasteiger partial charge < -0.3 is 15.1 Å². The van der Waals surface area contributed by atoms with Crippen LogP contribution in [0.5, 0.6) is 0 Å². The average molecular weight is 459 g/mol. The van der Waals surface area contributed by atoms with E-state index in [-0.39, 0.29) is 24.0 Å². The van der Waals surface area contributed by atoms with E-state index < -0.39 is 0 Å². The van der Waals surface area contributed by atoms with Gasteiger partial charge in [0.15, 0.2) is 5.96 Å². The van der Waals surface area contributed by atoms with Crippen molar-refractivity contribution in [3.05, 3.63) is 46.3 Å². The Morgan fingerprint density at radius 3 is 2.67 bits per heavy atom. The third-order valence-corrected chi connectivity index (χ3v) is 4.51. The molecule has 1 N–H and O–H groups in total. The fourth-order valence-corrected chi connectivity index (χ4v) is 3.07. The highest BCUT2D eigenvalue weighted by molar-refractivity contribution is 14.0. The molecule has 7 heteroatoms. The van der Waals surface area contributed by atoms with Gasteiger partial charge in [-0.2, -0.15) is 0 Å². The monoisotopic (exact) mass is 459 g/mol. The number of hydrogen-bond acceptors (Lipinski definition) is 4. The number of pyridine rings is 1. The van der Waals surface area contributed by atoms with Gasteiger partial charge in [-0.15, -0.1) is 35.3 Å². The highest BCUT2D eigenvalue weighted by Crippen LogP contribution is 2.14. The molecule has 2 heterocycles. The second-order valence-electron chi connectivity index (χ2n) is 5.53. The van der Waals surface area contributed by atoms with Gasteiger partial charge >= 0.3 is 0 Å². The summed E-state index contributed by atoms with van der Waals surface area (Å²) in [6.45, 7) is 1.64. The lowest BCUT2D eigenvalue weighted by Gasteiger charge is -2.23. The maximum Gasteiger partial charge on any atom is 0.193 e. The molecule has 0 atom stereocenters. The van der Waals surface area contributed by atoms with Crippen molar-refractivity contribution in [2.45, 2.75) is 13.0 Å². The van der Waals surface area contributed by atoms with Crippen LogP contribution in [0.2, 0.25) is 0 Å². The molecule has 2 rings (SSSR count). The standard InChI is InChI=1S/C17H25N5S.HI/c1-18-17(22(4)11-9-15-8-6-12-23-15)20-13-14-7-5-10-19-16(14)21(2)3;/h5-8,10,12H,9,11,13H2,1-4H3,(H,18,20);1H. The zero-order chi connectivity index (χ0) is 16.7. The number of halogens is 1. The molecule has 2 aromatic rings. The molecule has 0 saturated carbocycles. The molecule has 24 heavy (non-hydrogen) atoms. The molecule has 0 aliphatic heterocycles. The van der Waals surface area contributed by atoms with Gasteiger partial charge in [0.05, 0.1) is 0 Å². The lowest BCUT2D eigenvalue weighted by atomic mass is 10.2. The summed E-state index contributed by atoms with van der Waals surface area (Å²) in [5.74, 6) is 1.88. The lowest BCUT2D eigenvalue weighted by Crippen LogP contribution is -2.39. The van der Waals surface area contributed by atoms with Gasteiger partial charge in [0.1, 0.15) is 5.82 Å². The van der Waals surface area contributed by atoms with Crippen LogP contribution in [0.3, 0.4) is 0 Å². The van der Waals surface area contributed by atoms with Crippen molar-refractivity contribution in [3.8, 4) is 0 Å². The molecule has 0 radical (unpaired) electrons. The van der Waals surface area contributed by atoms with Gasteiger partial charge in [-0.05, 0) is 23.9 Å². The van der Waals surface area contributed by atoms with E-state index in [9.17, 15) is 0 Å². The van der Waals surface area contributed by atoms with E-state index in [0.29, 0.717) is 6.54 Å². The van der Waals surface area contributed by atoms with Crippen molar-refractivity contribution in [1.82, 2.24) is 15.2 Å². The largest absolute Gasteiger partial charge is 0.362 e. The first-order valence-corrected chi connectivity index (χ1v) is 8.55. The van der Waals surface area contributed by atoms with Gasteiger partial charge in [0.25, 0.3) is 0 Å². The van der Waals surface area contributed by atoms with Gasteiger partial charge in [-0.25, -0.2) is 4.98 Å². The van der Waals surface area contributed by atoms with E-state index in [0.717, 1.165) is 30.3 Å². The molecule has 5 nitrogen and oxygen atoms in total. The minimum atomic E-state index is 0. The maximum absolute atomic E-state index is 4.43. The van der Waals surface area contributed by atoms with E-state index in [2.05, 4.69) is 50.8 Å². The first-order chi connectivity index (χ1) is 11.1. The molecule has 0 saturated heterocycles. The Bertz CT molecular complexity index is 628. The summed E-state index contributed by atoms with van der Waals surface area (Å²) in [6, 6.07) is 8.33. The number of rotatable bonds is 6. The maximum atomic E-state index is 4.43. The SMILES string of the molecule is CN=C(NCc1cccnc1N(C)C)N(C)CCc1cccs1.I. The van der Waals surface area contributed by atoms with E-state index >= 15 is 0 Å². The average Bonchev–Trinajstić information content (AvgIpc) is 3.07. The van der Waals surface area contributed by atoms with Gasteiger partial charge in [-0.1, -0.05) is 12.1 Å². The summed E-state index contributed by atoms with van der Waals surface area (Å²) in [7, 11) is 7.90. The molecular formula is C17H26IN5S. The molecule has 0 aliphatic carbocycles. The van der Waals surface area contributed by atoms with Crippen LogP contribution in [0.4, 0.5) is 5.82 Å². The number of nitrogens with one attached hydrogen (secondary N) is 1. The molecule has 0 bridgehead atoms. The van der Waals surface area contributed by atoms with E-state index in [4.69, 9.17) is 0 Å². The molecule has 0 aliphatic rings. The Hall–Kier alpha value is -1.35. The molecular weight excluding hydrogens is 433 g/mol. The lowest BCUT2D eigenvalue weighted by molar-refractivity contribution is 0.486. The second-order valence-corrected chi connectivity index (χ2v) is 6.56. The summed E-state index contributed by atoms with van der Waals surface area (Å²) < 4.78 is 0. The number of guanidine groups is 1. The van der Waals surface area contributed by atoms with Crippen molar-refractivity contribution in [2.75, 3.05) is 39.6 Å². The Labute approximate surface area is 165 Å². The Morgan fingerprint density at radius 2 is 2.04 bits per heavy atom. The summed E-state index contributed by atoms with van der Waals surface area (Å²) in [5, 5.41) is 5.54. The molecule has 0 unspecified atom stereocenters. The van der Waals surface area contributed by atoms with Gasteiger partial charge in [0.2, 0.25) is 0 Å². The van der Waals surface area contributed by atoms with Crippen LogP contribution in [0.15, 0.2) is 40.8 Å². The number of anilines is 1. The van der Waals surface area contributed by atoms with Crippen LogP contribution in [-0.4, -0.2) is 50.6 Å². The number of nitrogens with zero attached hydrogens (tertiary/aromatic N) is 4. The second kappa shape index (κ2) is 10.5. The molecule has 2 aromatic heterocycles. The first kappa shape index (κ1) is 20.7.